The number of fused-ring (bicyclic) bond motifs is 5. The SMILES string of the molecule is CCC(C)[C@@H]1NC(=O)[C@@H]2C[C@@H](O)CN2C(=O)[C@H](CC(N)=O)NC(=O)[C@@H]2CSc3[nH]c4ccc(NC(=O)CCCNC(=O)[C@@H](CCCCN)NC(=O)[C@@H](Cc5ccccc5)NC(=O)CCO)cc4c3C[C@H](NC1=O)C(=O)NCC(=O)NC[C@@H]([C@@H](C)CC)C(O)NCC(=O)N2. The molecule has 2 aromatic carbocycles. The Labute approximate surface area is 543 Å². The van der Waals surface area contributed by atoms with Gasteiger partial charge in [-0.05, 0) is 73.4 Å². The van der Waals surface area contributed by atoms with Crippen LogP contribution in [0, 0.1) is 17.8 Å². The van der Waals surface area contributed by atoms with Crippen LogP contribution in [-0.2, 0) is 70.4 Å². The predicted molar refractivity (Wildman–Crippen MR) is 342 cm³/mol. The highest BCUT2D eigenvalue weighted by Crippen LogP contribution is 2.34. The number of aliphatic hydroxyl groups is 3. The number of H-pyrrole nitrogens is 1. The average Bonchev–Trinajstić information content (AvgIpc) is 1.67. The molecule has 12 amide bonds. The van der Waals surface area contributed by atoms with E-state index in [1.807, 2.05) is 13.8 Å². The van der Waals surface area contributed by atoms with Crippen molar-refractivity contribution in [1.82, 2.24) is 63.1 Å². The summed E-state index contributed by atoms with van der Waals surface area (Å²) in [5.41, 5.74) is 13.1. The molecule has 0 spiro atoms. The second kappa shape index (κ2) is 36.3. The zero-order chi connectivity index (χ0) is 67.9. The van der Waals surface area contributed by atoms with Crippen molar-refractivity contribution in [2.75, 3.05) is 56.9 Å². The lowest BCUT2D eigenvalue weighted by Crippen LogP contribution is -2.60. The van der Waals surface area contributed by atoms with Crippen LogP contribution in [0.1, 0.15) is 103 Å². The number of aromatic nitrogens is 1. The Balaban J connectivity index is 1.33. The summed E-state index contributed by atoms with van der Waals surface area (Å²) < 4.78 is 0. The van der Waals surface area contributed by atoms with Crippen LogP contribution in [0.25, 0.3) is 10.9 Å². The Morgan fingerprint density at radius 1 is 0.763 bits per heavy atom. The number of unbranched alkanes of at least 4 members (excludes halogenated alkanes) is 1. The van der Waals surface area contributed by atoms with E-state index in [2.05, 4.69) is 63.5 Å². The standard InChI is InChI=1S/C62H91N15O15S/c1-5-33(3)40-28-66-51(83)29-68-56(87)44-26-39-38-24-36(69-49(81)16-12-21-65-55(86)42(15-10-11-20-63)72-57(88)43(70-50(82)19-22-78)23-35-13-8-7-9-14-35)17-18-41(38)75-61(39)93-32-46(71-52(84)30-67-54(40)85)58(89)74-45(27-48(64)80)62(92)77-31-37(79)25-47(77)59(90)76-53(34(4)6-2)60(91)73-44/h7-9,13-14,17-18,24,33-34,37,40,42-47,53-54,67,75,78-79,85H,5-6,10-12,15-16,19-23,25-32,63H2,1-4H3,(H2,64,80)(H,65,86)(H,66,83)(H,68,87)(H,69,81)(H,70,82)(H,71,84)(H,72,88)(H,73,91)(H,74,89)(H,76,90)/t33-,34?,37+,40-,42+,43+,44-,45-,46-,47-,53-,54?/m0/s1. The largest absolute Gasteiger partial charge is 0.396 e. The number of carbonyl (C=O) groups is 12. The first-order valence-electron chi connectivity index (χ1n) is 31.7. The molecule has 12 atom stereocenters. The molecule has 1 fully saturated rings. The van der Waals surface area contributed by atoms with E-state index in [9.17, 15) is 72.9 Å². The van der Waals surface area contributed by atoms with E-state index < -0.39 is 170 Å². The fourth-order valence-electron chi connectivity index (χ4n) is 11.2. The van der Waals surface area contributed by atoms with Gasteiger partial charge in [-0.1, -0.05) is 70.9 Å². The van der Waals surface area contributed by atoms with Crippen LogP contribution in [-0.4, -0.2) is 202 Å². The number of aliphatic hydroxyl groups excluding tert-OH is 3. The van der Waals surface area contributed by atoms with Crippen molar-refractivity contribution in [3.63, 3.8) is 0 Å². The number of rotatable bonds is 23. The van der Waals surface area contributed by atoms with E-state index in [1.54, 1.807) is 62.4 Å². The van der Waals surface area contributed by atoms with E-state index >= 15 is 0 Å². The fourth-order valence-corrected chi connectivity index (χ4v) is 12.3. The molecule has 6 rings (SSSR count). The summed E-state index contributed by atoms with van der Waals surface area (Å²) in [6.45, 7) is 5.38. The van der Waals surface area contributed by atoms with Gasteiger partial charge in [-0.15, -0.1) is 11.8 Å². The van der Waals surface area contributed by atoms with Crippen molar-refractivity contribution in [2.45, 2.75) is 164 Å². The van der Waals surface area contributed by atoms with Crippen LogP contribution in [0.5, 0.6) is 0 Å². The topological polar surface area (TPSA) is 469 Å². The number of nitrogens with zero attached hydrogens (tertiary/aromatic N) is 1. The molecular weight excluding hydrogens is 1230 g/mol. The number of anilines is 1. The molecule has 0 aliphatic carbocycles. The van der Waals surface area contributed by atoms with E-state index in [0.717, 1.165) is 22.2 Å². The van der Waals surface area contributed by atoms with Crippen LogP contribution >= 0.6 is 11.8 Å². The lowest BCUT2D eigenvalue weighted by Gasteiger charge is -2.31. The molecule has 30 nitrogen and oxygen atoms in total. The summed E-state index contributed by atoms with van der Waals surface area (Å²) in [5, 5.41) is 62.2. The van der Waals surface area contributed by atoms with Crippen molar-refractivity contribution >= 4 is 99.2 Å². The average molecular weight is 1320 g/mol. The van der Waals surface area contributed by atoms with Crippen molar-refractivity contribution in [1.29, 1.82) is 0 Å². The minimum atomic E-state index is -1.72. The number of aromatic amines is 1. The summed E-state index contributed by atoms with van der Waals surface area (Å²) >= 11 is 0.979. The molecule has 2 bridgehead atoms. The van der Waals surface area contributed by atoms with Gasteiger partial charge in [0.05, 0.1) is 37.2 Å². The summed E-state index contributed by atoms with van der Waals surface area (Å²) in [5.74, 6) is -11.0. The van der Waals surface area contributed by atoms with Crippen LogP contribution in [0.15, 0.2) is 53.6 Å². The molecule has 0 saturated carbocycles. The number of nitrogens with one attached hydrogen (secondary N) is 12. The molecule has 510 valence electrons. The monoisotopic (exact) mass is 1320 g/mol. The number of primary amides is 1. The number of benzene rings is 2. The predicted octanol–water partition coefficient (Wildman–Crippen LogP) is -2.99. The Morgan fingerprint density at radius 3 is 2.20 bits per heavy atom. The number of amides is 12. The highest BCUT2D eigenvalue weighted by molar-refractivity contribution is 7.99. The van der Waals surface area contributed by atoms with Gasteiger partial charge in [-0.3, -0.25) is 62.9 Å². The molecular formula is C62H91N15O15S. The molecule has 1 aromatic heterocycles. The Kier molecular flexibility index (Phi) is 28.8. The fraction of sp³-hybridized carbons (Fsp3) is 0.581. The quantitative estimate of drug-likeness (QED) is 0.0421. The van der Waals surface area contributed by atoms with Gasteiger partial charge >= 0.3 is 0 Å². The molecule has 3 aliphatic heterocycles. The van der Waals surface area contributed by atoms with Crippen molar-refractivity contribution in [3.05, 3.63) is 59.7 Å². The summed E-state index contributed by atoms with van der Waals surface area (Å²) in [6.07, 6.45) is -2.02. The first kappa shape index (κ1) is 73.8. The van der Waals surface area contributed by atoms with Gasteiger partial charge in [-0.2, -0.15) is 0 Å². The van der Waals surface area contributed by atoms with Crippen molar-refractivity contribution < 1.29 is 72.9 Å². The molecule has 3 aliphatic rings. The van der Waals surface area contributed by atoms with Gasteiger partial charge in [0.25, 0.3) is 0 Å². The van der Waals surface area contributed by atoms with E-state index in [0.29, 0.717) is 48.7 Å². The number of hydrogen-bond acceptors (Lipinski definition) is 18. The number of nitrogens with two attached hydrogens (primary N) is 2. The summed E-state index contributed by atoms with van der Waals surface area (Å²) in [7, 11) is 0. The Hall–Kier alpha value is -8.23. The van der Waals surface area contributed by atoms with Gasteiger partial charge in [0, 0.05) is 80.0 Å². The summed E-state index contributed by atoms with van der Waals surface area (Å²) in [4.78, 5) is 171. The molecule has 1 saturated heterocycles. The highest BCUT2D eigenvalue weighted by atomic mass is 32.2. The van der Waals surface area contributed by atoms with Crippen molar-refractivity contribution in [2.24, 2.45) is 29.2 Å². The van der Waals surface area contributed by atoms with E-state index in [4.69, 9.17) is 11.5 Å². The molecule has 2 unspecified atom stereocenters. The lowest BCUT2D eigenvalue weighted by molar-refractivity contribution is -0.143. The molecule has 31 heteroatoms. The van der Waals surface area contributed by atoms with Crippen LogP contribution < -0.4 is 70.0 Å². The van der Waals surface area contributed by atoms with Gasteiger partial charge in [0.1, 0.15) is 48.5 Å². The van der Waals surface area contributed by atoms with Crippen LogP contribution in [0.3, 0.4) is 0 Å². The van der Waals surface area contributed by atoms with Gasteiger partial charge in [0.2, 0.25) is 70.9 Å². The van der Waals surface area contributed by atoms with Crippen LogP contribution in [0.2, 0.25) is 0 Å². The summed E-state index contributed by atoms with van der Waals surface area (Å²) in [6, 6.07) is 4.07. The zero-order valence-electron chi connectivity index (χ0n) is 52.9. The van der Waals surface area contributed by atoms with Gasteiger partial charge < -0.3 is 89.8 Å². The smallest absolute Gasteiger partial charge is 0.246 e. The maximum Gasteiger partial charge on any atom is 0.246 e. The van der Waals surface area contributed by atoms with E-state index in [-0.39, 0.29) is 80.4 Å². The Bertz CT molecular complexity index is 3140. The second-order valence-corrected chi connectivity index (χ2v) is 24.9. The number of thioether (sulfide) groups is 1. The molecule has 93 heavy (non-hydrogen) atoms. The minimum absolute atomic E-state index is 0.0109. The maximum absolute atomic E-state index is 14.8. The van der Waals surface area contributed by atoms with Crippen LogP contribution in [0.4, 0.5) is 5.69 Å². The minimum Gasteiger partial charge on any atom is -0.396 e. The Morgan fingerprint density at radius 2 is 1.51 bits per heavy atom. The normalized spacial score (nSPS) is 23.5. The van der Waals surface area contributed by atoms with Gasteiger partial charge in [-0.25, -0.2) is 0 Å². The number of hydrogen-bond donors (Lipinski definition) is 17. The first-order valence-corrected chi connectivity index (χ1v) is 32.6. The third-order valence-corrected chi connectivity index (χ3v) is 18.0. The van der Waals surface area contributed by atoms with Gasteiger partial charge in [0.15, 0.2) is 0 Å². The third kappa shape index (κ3) is 21.9. The third-order valence-electron chi connectivity index (χ3n) is 16.9. The molecule has 19 N–H and O–H groups in total. The maximum atomic E-state index is 14.8. The van der Waals surface area contributed by atoms with Crippen molar-refractivity contribution in [3.8, 4) is 0 Å². The molecule has 3 aromatic rings. The lowest BCUT2D eigenvalue weighted by atomic mass is 9.90. The molecule has 0 radical (unpaired) electrons. The second-order valence-electron chi connectivity index (χ2n) is 23.9. The zero-order valence-corrected chi connectivity index (χ0v) is 53.8. The van der Waals surface area contributed by atoms with E-state index in [1.165, 1.54) is 0 Å². The number of carbonyl (C=O) groups excluding carboxylic acids is 12. The first-order chi connectivity index (χ1) is 44.4. The highest BCUT2D eigenvalue weighted by Gasteiger charge is 2.44. The molecule has 4 heterocycles.